The third-order valence-electron chi connectivity index (χ3n) is 5.74. The Bertz CT molecular complexity index is 1210. The van der Waals surface area contributed by atoms with Gasteiger partial charge in [-0.05, 0) is 33.6 Å². The van der Waals surface area contributed by atoms with Gasteiger partial charge in [0.05, 0.1) is 29.7 Å². The predicted octanol–water partition coefficient (Wildman–Crippen LogP) is 3.48. The molecule has 0 amide bonds. The molecule has 1 unspecified atom stereocenters. The Labute approximate surface area is 199 Å². The summed E-state index contributed by atoms with van der Waals surface area (Å²) in [6.45, 7) is 5.40. The fourth-order valence-electron chi connectivity index (χ4n) is 3.56. The quantitative estimate of drug-likeness (QED) is 0.198. The normalized spacial score (nSPS) is 12.0. The zero-order valence-corrected chi connectivity index (χ0v) is 19.8. The largest absolute Gasteiger partial charge is 0.300 e. The number of rotatable bonds is 10. The number of aromatic nitrogens is 3. The van der Waals surface area contributed by atoms with Gasteiger partial charge in [-0.2, -0.15) is 0 Å². The number of hydrogen-bond acceptors (Lipinski definition) is 7. The molecule has 34 heavy (non-hydrogen) atoms. The Kier molecular flexibility index (Phi) is 7.89. The summed E-state index contributed by atoms with van der Waals surface area (Å²) < 4.78 is 1.76. The summed E-state index contributed by atoms with van der Waals surface area (Å²) in [7, 11) is 3.81. The lowest BCUT2D eigenvalue weighted by Crippen LogP contribution is -2.26. The molecule has 0 fully saturated rings. The van der Waals surface area contributed by atoms with Crippen molar-refractivity contribution in [2.75, 3.05) is 27.2 Å². The van der Waals surface area contributed by atoms with Crippen molar-refractivity contribution in [1.29, 1.82) is 0 Å². The van der Waals surface area contributed by atoms with Gasteiger partial charge in [0, 0.05) is 23.3 Å². The van der Waals surface area contributed by atoms with E-state index in [2.05, 4.69) is 16.1 Å². The second kappa shape index (κ2) is 10.8. The van der Waals surface area contributed by atoms with Crippen LogP contribution in [0.15, 0.2) is 48.5 Å². The molecule has 1 heterocycles. The molecule has 9 nitrogen and oxygen atoms in total. The lowest BCUT2D eigenvalue weighted by atomic mass is 10.0. The van der Waals surface area contributed by atoms with Crippen LogP contribution >= 0.6 is 0 Å². The minimum atomic E-state index is -0.476. The number of carbonyl (C=O) groups excluding carboxylic acids is 1. The fraction of sp³-hybridized carbons (Fsp3) is 0.320. The van der Waals surface area contributed by atoms with Crippen LogP contribution in [0, 0.1) is 22.5 Å². The van der Waals surface area contributed by atoms with E-state index in [0.717, 1.165) is 0 Å². The van der Waals surface area contributed by atoms with E-state index in [0.29, 0.717) is 48.1 Å². The van der Waals surface area contributed by atoms with Crippen LogP contribution in [0.25, 0.3) is 5.69 Å². The second-order valence-corrected chi connectivity index (χ2v) is 8.11. The van der Waals surface area contributed by atoms with Gasteiger partial charge in [-0.1, -0.05) is 43.2 Å². The van der Waals surface area contributed by atoms with Gasteiger partial charge in [0.25, 0.3) is 5.69 Å². The highest BCUT2D eigenvalue weighted by Gasteiger charge is 2.27. The Hall–Kier alpha value is -3.87. The summed E-state index contributed by atoms with van der Waals surface area (Å²) in [4.78, 5) is 28.6. The van der Waals surface area contributed by atoms with Gasteiger partial charge in [0.1, 0.15) is 0 Å². The molecule has 0 bridgehead atoms. The summed E-state index contributed by atoms with van der Waals surface area (Å²) in [5.41, 5.74) is 1.05. The highest BCUT2D eigenvalue weighted by atomic mass is 16.6. The Morgan fingerprint density at radius 3 is 2.50 bits per heavy atom. The molecular formula is C25H28N6O3. The number of nitro groups is 1. The van der Waals surface area contributed by atoms with Crippen molar-refractivity contribution in [1.82, 2.24) is 24.6 Å². The standard InChI is InChI=1S/C25H28N6O3/c1-6-15-29(7-2)17-23-26-27-25(18(3)28(4)5)30(23)22-16-20(31(33)34)13-14-21(22)24(32)19-11-9-8-10-12-19/h1,8-14,16,18H,7,15,17H2,2-5H3. The summed E-state index contributed by atoms with van der Waals surface area (Å²) in [6, 6.07) is 12.9. The predicted molar refractivity (Wildman–Crippen MR) is 130 cm³/mol. The maximum atomic E-state index is 13.5. The van der Waals surface area contributed by atoms with E-state index in [4.69, 9.17) is 6.42 Å². The third-order valence-corrected chi connectivity index (χ3v) is 5.74. The van der Waals surface area contributed by atoms with Crippen molar-refractivity contribution in [3.8, 4) is 18.0 Å². The van der Waals surface area contributed by atoms with Gasteiger partial charge in [-0.25, -0.2) is 0 Å². The van der Waals surface area contributed by atoms with Crippen LogP contribution in [0.3, 0.4) is 0 Å². The number of carbonyl (C=O) groups is 1. The maximum Gasteiger partial charge on any atom is 0.271 e. The number of benzene rings is 2. The first-order valence-corrected chi connectivity index (χ1v) is 10.9. The first-order valence-electron chi connectivity index (χ1n) is 10.9. The molecule has 176 valence electrons. The zero-order chi connectivity index (χ0) is 24.8. The van der Waals surface area contributed by atoms with Gasteiger partial charge >= 0.3 is 0 Å². The molecule has 0 saturated heterocycles. The van der Waals surface area contributed by atoms with Gasteiger partial charge in [-0.3, -0.25) is 29.3 Å². The van der Waals surface area contributed by atoms with Crippen molar-refractivity contribution in [2.24, 2.45) is 0 Å². The Morgan fingerprint density at radius 1 is 1.21 bits per heavy atom. The smallest absolute Gasteiger partial charge is 0.271 e. The van der Waals surface area contributed by atoms with Gasteiger partial charge in [0.2, 0.25) is 0 Å². The van der Waals surface area contributed by atoms with E-state index in [9.17, 15) is 14.9 Å². The topological polar surface area (TPSA) is 97.4 Å². The molecule has 9 heteroatoms. The SMILES string of the molecule is C#CCN(CC)Cc1nnc(C(C)N(C)C)n1-c1cc([N+](=O)[O-])ccc1C(=O)c1ccccc1. The molecule has 3 rings (SSSR count). The molecule has 0 aliphatic heterocycles. The van der Waals surface area contributed by atoms with Gasteiger partial charge in [0.15, 0.2) is 17.4 Å². The van der Waals surface area contributed by atoms with Crippen molar-refractivity contribution in [3.05, 3.63) is 81.4 Å². The monoisotopic (exact) mass is 460 g/mol. The Balaban J connectivity index is 2.28. The molecule has 0 radical (unpaired) electrons. The lowest BCUT2D eigenvalue weighted by molar-refractivity contribution is -0.384. The molecule has 1 aromatic heterocycles. The molecule has 0 spiro atoms. The fourth-order valence-corrected chi connectivity index (χ4v) is 3.56. The molecule has 2 aromatic carbocycles. The molecule has 3 aromatic rings. The van der Waals surface area contributed by atoms with Crippen molar-refractivity contribution < 1.29 is 9.72 Å². The number of nitrogens with zero attached hydrogens (tertiary/aromatic N) is 6. The van der Waals surface area contributed by atoms with E-state index in [1.165, 1.54) is 18.2 Å². The van der Waals surface area contributed by atoms with Crippen LogP contribution in [-0.4, -0.2) is 62.5 Å². The highest BCUT2D eigenvalue weighted by molar-refractivity contribution is 6.11. The number of non-ortho nitro benzene ring substituents is 1. The van der Waals surface area contributed by atoms with Crippen molar-refractivity contribution in [2.45, 2.75) is 26.4 Å². The van der Waals surface area contributed by atoms with Crippen LogP contribution < -0.4 is 0 Å². The first kappa shape index (κ1) is 24.8. The number of hydrogen-bond donors (Lipinski definition) is 0. The molecule has 0 N–H and O–H groups in total. The average Bonchev–Trinajstić information content (AvgIpc) is 3.25. The number of ketones is 1. The molecule has 0 saturated carbocycles. The maximum absolute atomic E-state index is 13.5. The summed E-state index contributed by atoms with van der Waals surface area (Å²) >= 11 is 0. The minimum Gasteiger partial charge on any atom is -0.300 e. The van der Waals surface area contributed by atoms with Gasteiger partial charge < -0.3 is 0 Å². The van der Waals surface area contributed by atoms with Crippen molar-refractivity contribution >= 4 is 11.5 Å². The summed E-state index contributed by atoms with van der Waals surface area (Å²) in [5.74, 6) is 3.51. The first-order chi connectivity index (χ1) is 16.3. The van der Waals surface area contributed by atoms with E-state index < -0.39 is 4.92 Å². The number of terminal acetylenes is 1. The zero-order valence-electron chi connectivity index (χ0n) is 19.8. The molecule has 1 atom stereocenters. The van der Waals surface area contributed by atoms with E-state index in [-0.39, 0.29) is 17.5 Å². The average molecular weight is 461 g/mol. The molecule has 0 aliphatic carbocycles. The summed E-state index contributed by atoms with van der Waals surface area (Å²) in [6.07, 6.45) is 5.52. The summed E-state index contributed by atoms with van der Waals surface area (Å²) in [5, 5.41) is 20.5. The van der Waals surface area contributed by atoms with Gasteiger partial charge in [-0.15, -0.1) is 16.6 Å². The van der Waals surface area contributed by atoms with E-state index >= 15 is 0 Å². The third kappa shape index (κ3) is 5.20. The number of nitro benzene ring substituents is 1. The Morgan fingerprint density at radius 2 is 1.91 bits per heavy atom. The minimum absolute atomic E-state index is 0.126. The van der Waals surface area contributed by atoms with Crippen LogP contribution in [-0.2, 0) is 6.54 Å². The molecular weight excluding hydrogens is 432 g/mol. The lowest BCUT2D eigenvalue weighted by Gasteiger charge is -2.23. The van der Waals surface area contributed by atoms with E-state index in [1.54, 1.807) is 28.8 Å². The second-order valence-electron chi connectivity index (χ2n) is 8.11. The molecule has 0 aliphatic rings. The van der Waals surface area contributed by atoms with Crippen LogP contribution in [0.5, 0.6) is 0 Å². The van der Waals surface area contributed by atoms with Crippen molar-refractivity contribution in [3.63, 3.8) is 0 Å². The highest BCUT2D eigenvalue weighted by Crippen LogP contribution is 2.29. The van der Waals surface area contributed by atoms with Crippen LogP contribution in [0.1, 0.15) is 47.5 Å². The van der Waals surface area contributed by atoms with Crippen LogP contribution in [0.4, 0.5) is 5.69 Å². The van der Waals surface area contributed by atoms with E-state index in [1.807, 2.05) is 43.8 Å². The van der Waals surface area contributed by atoms with Crippen LogP contribution in [0.2, 0.25) is 0 Å².